The van der Waals surface area contributed by atoms with E-state index >= 15 is 0 Å². The highest BCUT2D eigenvalue weighted by molar-refractivity contribution is 5.92. The molecule has 1 aromatic rings. The summed E-state index contributed by atoms with van der Waals surface area (Å²) >= 11 is 0. The molecule has 0 saturated carbocycles. The molecule has 2 rings (SSSR count). The fraction of sp³-hybridized carbons (Fsp3) is 0.667. The number of rotatable bonds is 6. The van der Waals surface area contributed by atoms with Crippen molar-refractivity contribution in [2.45, 2.75) is 26.2 Å². The van der Waals surface area contributed by atoms with Gasteiger partial charge in [-0.1, -0.05) is 6.92 Å². The highest BCUT2D eigenvalue weighted by atomic mass is 16.5. The van der Waals surface area contributed by atoms with Gasteiger partial charge in [0.15, 0.2) is 0 Å². The average Bonchev–Trinajstić information content (AvgIpc) is 2.54. The summed E-state index contributed by atoms with van der Waals surface area (Å²) in [5.74, 6) is 1.25. The number of carbonyl (C=O) groups excluding carboxylic acids is 1. The van der Waals surface area contributed by atoms with Crippen LogP contribution in [-0.4, -0.2) is 54.1 Å². The fourth-order valence-corrected chi connectivity index (χ4v) is 2.48. The SMILES string of the molecule is CCCNc1cnc(C(=O)N2CCC(COC)CC2)cn1. The third kappa shape index (κ3) is 4.39. The number of amides is 1. The summed E-state index contributed by atoms with van der Waals surface area (Å²) in [6.07, 6.45) is 6.19. The van der Waals surface area contributed by atoms with E-state index in [1.54, 1.807) is 19.5 Å². The van der Waals surface area contributed by atoms with Gasteiger partial charge in [-0.15, -0.1) is 0 Å². The summed E-state index contributed by atoms with van der Waals surface area (Å²) in [6.45, 7) is 5.26. The van der Waals surface area contributed by atoms with Gasteiger partial charge in [0.25, 0.3) is 5.91 Å². The Morgan fingerprint density at radius 1 is 1.38 bits per heavy atom. The van der Waals surface area contributed by atoms with Gasteiger partial charge in [-0.05, 0) is 25.2 Å². The molecule has 0 radical (unpaired) electrons. The lowest BCUT2D eigenvalue weighted by atomic mass is 9.97. The minimum atomic E-state index is -0.0274. The Labute approximate surface area is 125 Å². The molecular formula is C15H24N4O2. The molecule has 1 aliphatic heterocycles. The van der Waals surface area contributed by atoms with Gasteiger partial charge in [-0.3, -0.25) is 4.79 Å². The Morgan fingerprint density at radius 3 is 2.71 bits per heavy atom. The van der Waals surface area contributed by atoms with E-state index in [1.165, 1.54) is 0 Å². The van der Waals surface area contributed by atoms with Crippen LogP contribution in [0, 0.1) is 5.92 Å². The van der Waals surface area contributed by atoms with E-state index in [0.29, 0.717) is 17.4 Å². The number of carbonyl (C=O) groups is 1. The smallest absolute Gasteiger partial charge is 0.274 e. The van der Waals surface area contributed by atoms with Gasteiger partial charge >= 0.3 is 0 Å². The lowest BCUT2D eigenvalue weighted by Gasteiger charge is -2.31. The Balaban J connectivity index is 1.88. The quantitative estimate of drug-likeness (QED) is 0.866. The zero-order valence-corrected chi connectivity index (χ0v) is 12.8. The van der Waals surface area contributed by atoms with Crippen molar-refractivity contribution in [1.82, 2.24) is 14.9 Å². The summed E-state index contributed by atoms with van der Waals surface area (Å²) in [6, 6.07) is 0. The second-order valence-corrected chi connectivity index (χ2v) is 5.40. The highest BCUT2D eigenvalue weighted by Crippen LogP contribution is 2.18. The minimum absolute atomic E-state index is 0.0274. The maximum atomic E-state index is 12.4. The summed E-state index contributed by atoms with van der Waals surface area (Å²) in [7, 11) is 1.72. The first-order valence-electron chi connectivity index (χ1n) is 7.58. The van der Waals surface area contributed by atoms with Gasteiger partial charge in [-0.2, -0.15) is 0 Å². The van der Waals surface area contributed by atoms with Crippen LogP contribution < -0.4 is 5.32 Å². The predicted octanol–water partition coefficient (Wildman–Crippen LogP) is 1.80. The molecule has 0 atom stereocenters. The highest BCUT2D eigenvalue weighted by Gasteiger charge is 2.24. The van der Waals surface area contributed by atoms with Crippen LogP contribution in [-0.2, 0) is 4.74 Å². The molecule has 1 saturated heterocycles. The van der Waals surface area contributed by atoms with Gasteiger partial charge in [0, 0.05) is 33.4 Å². The van der Waals surface area contributed by atoms with Crippen molar-refractivity contribution in [3.8, 4) is 0 Å². The van der Waals surface area contributed by atoms with Crippen molar-refractivity contribution in [2.24, 2.45) is 5.92 Å². The van der Waals surface area contributed by atoms with Crippen LogP contribution in [0.5, 0.6) is 0 Å². The van der Waals surface area contributed by atoms with Crippen LogP contribution >= 0.6 is 0 Å². The molecule has 1 aromatic heterocycles. The maximum Gasteiger partial charge on any atom is 0.274 e. The topological polar surface area (TPSA) is 67.4 Å². The number of hydrogen-bond donors (Lipinski definition) is 1. The van der Waals surface area contributed by atoms with Gasteiger partial charge in [0.1, 0.15) is 11.5 Å². The Bertz CT molecular complexity index is 441. The van der Waals surface area contributed by atoms with Crippen molar-refractivity contribution >= 4 is 11.7 Å². The number of hydrogen-bond acceptors (Lipinski definition) is 5. The Kier molecular flexibility index (Phi) is 5.92. The molecule has 0 bridgehead atoms. The van der Waals surface area contributed by atoms with Gasteiger partial charge in [0.2, 0.25) is 0 Å². The number of methoxy groups -OCH3 is 1. The Hall–Kier alpha value is -1.69. The molecule has 1 N–H and O–H groups in total. The van der Waals surface area contributed by atoms with Crippen molar-refractivity contribution < 1.29 is 9.53 Å². The third-order valence-electron chi connectivity index (χ3n) is 3.73. The van der Waals surface area contributed by atoms with Crippen LogP contribution in [0.4, 0.5) is 5.82 Å². The second-order valence-electron chi connectivity index (χ2n) is 5.40. The first-order valence-corrected chi connectivity index (χ1v) is 7.58. The van der Waals surface area contributed by atoms with E-state index in [2.05, 4.69) is 22.2 Å². The second kappa shape index (κ2) is 7.93. The summed E-state index contributed by atoms with van der Waals surface area (Å²) in [5, 5.41) is 3.15. The van der Waals surface area contributed by atoms with Gasteiger partial charge in [-0.25, -0.2) is 9.97 Å². The number of aromatic nitrogens is 2. The lowest BCUT2D eigenvalue weighted by Crippen LogP contribution is -2.39. The molecule has 2 heterocycles. The van der Waals surface area contributed by atoms with Crippen LogP contribution in [0.2, 0.25) is 0 Å². The van der Waals surface area contributed by atoms with Crippen molar-refractivity contribution in [1.29, 1.82) is 0 Å². The molecule has 0 aliphatic carbocycles. The number of piperidine rings is 1. The molecule has 0 spiro atoms. The van der Waals surface area contributed by atoms with E-state index in [9.17, 15) is 4.79 Å². The van der Waals surface area contributed by atoms with Crippen molar-refractivity contribution in [3.63, 3.8) is 0 Å². The number of anilines is 1. The first kappa shape index (κ1) is 15.7. The van der Waals surface area contributed by atoms with E-state index in [4.69, 9.17) is 4.74 Å². The number of nitrogens with zero attached hydrogens (tertiary/aromatic N) is 3. The molecule has 1 aliphatic rings. The van der Waals surface area contributed by atoms with E-state index in [1.807, 2.05) is 4.90 Å². The largest absolute Gasteiger partial charge is 0.384 e. The summed E-state index contributed by atoms with van der Waals surface area (Å²) in [4.78, 5) is 22.7. The standard InChI is InChI=1S/C15H24N4O2/c1-3-6-16-14-10-17-13(9-18-14)15(20)19-7-4-12(5-8-19)11-21-2/h9-10,12H,3-8,11H2,1-2H3,(H,16,18). The normalized spacial score (nSPS) is 16.0. The van der Waals surface area contributed by atoms with Crippen molar-refractivity contribution in [2.75, 3.05) is 38.7 Å². The molecule has 116 valence electrons. The number of ether oxygens (including phenoxy) is 1. The van der Waals surface area contributed by atoms with Crippen LogP contribution in [0.1, 0.15) is 36.7 Å². The molecular weight excluding hydrogens is 268 g/mol. The minimum Gasteiger partial charge on any atom is -0.384 e. The van der Waals surface area contributed by atoms with Crippen molar-refractivity contribution in [3.05, 3.63) is 18.1 Å². The van der Waals surface area contributed by atoms with E-state index in [0.717, 1.165) is 45.5 Å². The molecule has 1 amide bonds. The summed E-state index contributed by atoms with van der Waals surface area (Å²) in [5.41, 5.74) is 0.419. The van der Waals surface area contributed by atoms with Gasteiger partial charge in [0.05, 0.1) is 12.4 Å². The molecule has 1 fully saturated rings. The number of likely N-dealkylation sites (tertiary alicyclic amines) is 1. The summed E-state index contributed by atoms with van der Waals surface area (Å²) < 4.78 is 5.17. The zero-order chi connectivity index (χ0) is 15.1. The van der Waals surface area contributed by atoms with Crippen LogP contribution in [0.15, 0.2) is 12.4 Å². The van der Waals surface area contributed by atoms with Gasteiger partial charge < -0.3 is 15.0 Å². The molecule has 6 nitrogen and oxygen atoms in total. The van der Waals surface area contributed by atoms with Crippen LogP contribution in [0.3, 0.4) is 0 Å². The van der Waals surface area contributed by atoms with E-state index < -0.39 is 0 Å². The molecule has 21 heavy (non-hydrogen) atoms. The van der Waals surface area contributed by atoms with E-state index in [-0.39, 0.29) is 5.91 Å². The first-order chi connectivity index (χ1) is 10.2. The Morgan fingerprint density at radius 2 is 2.14 bits per heavy atom. The monoisotopic (exact) mass is 292 g/mol. The molecule has 0 aromatic carbocycles. The lowest BCUT2D eigenvalue weighted by molar-refractivity contribution is 0.0608. The predicted molar refractivity (Wildman–Crippen MR) is 81.3 cm³/mol. The fourth-order valence-electron chi connectivity index (χ4n) is 2.48. The van der Waals surface area contributed by atoms with Crippen LogP contribution in [0.25, 0.3) is 0 Å². The number of nitrogens with one attached hydrogen (secondary N) is 1. The molecule has 0 unspecified atom stereocenters. The zero-order valence-electron chi connectivity index (χ0n) is 12.8. The molecule has 6 heteroatoms. The third-order valence-corrected chi connectivity index (χ3v) is 3.73. The maximum absolute atomic E-state index is 12.4. The average molecular weight is 292 g/mol.